The van der Waals surface area contributed by atoms with E-state index in [1.807, 2.05) is 0 Å². The number of benzene rings is 1. The Bertz CT molecular complexity index is 418. The fourth-order valence-electron chi connectivity index (χ4n) is 1.12. The van der Waals surface area contributed by atoms with Crippen LogP contribution in [0.25, 0.3) is 0 Å². The van der Waals surface area contributed by atoms with Crippen molar-refractivity contribution >= 4 is 26.0 Å². The largest absolute Gasteiger partial charge is 0.222 e. The van der Waals surface area contributed by atoms with E-state index in [0.29, 0.717) is 0 Å². The molecule has 1 aromatic rings. The van der Waals surface area contributed by atoms with Crippen LogP contribution >= 0.6 is 15.9 Å². The summed E-state index contributed by atoms with van der Waals surface area (Å²) >= 11 is 2.87. The topological polar surface area (TPSA) is 46.2 Å². The van der Waals surface area contributed by atoms with Crippen LogP contribution in [0, 0.1) is 5.82 Å². The standard InChI is InChI=1S/C9H11BrFNO2S/c1-7(12-15(13,14)6-10)8-2-4-9(11)5-3-8/h2-5,7,12H,6H2,1H3/t7-/m1/s1. The third-order valence-electron chi connectivity index (χ3n) is 1.87. The molecule has 0 bridgehead atoms. The normalized spacial score (nSPS) is 13.8. The zero-order valence-corrected chi connectivity index (χ0v) is 10.5. The Morgan fingerprint density at radius 2 is 1.93 bits per heavy atom. The van der Waals surface area contributed by atoms with Gasteiger partial charge in [0.1, 0.15) is 10.5 Å². The molecule has 0 unspecified atom stereocenters. The van der Waals surface area contributed by atoms with Gasteiger partial charge in [0.05, 0.1) is 0 Å². The number of nitrogens with one attached hydrogen (secondary N) is 1. The molecule has 1 aromatic carbocycles. The third kappa shape index (κ3) is 3.89. The first-order valence-electron chi connectivity index (χ1n) is 4.26. The smallest absolute Gasteiger partial charge is 0.212 e. The SMILES string of the molecule is C[C@@H](NS(=O)(=O)CBr)c1ccc(F)cc1. The van der Waals surface area contributed by atoms with Gasteiger partial charge in [-0.25, -0.2) is 17.5 Å². The summed E-state index contributed by atoms with van der Waals surface area (Å²) in [5.41, 5.74) is 0.723. The molecule has 6 heteroatoms. The van der Waals surface area contributed by atoms with Crippen molar-refractivity contribution in [2.45, 2.75) is 13.0 Å². The Balaban J connectivity index is 2.78. The van der Waals surface area contributed by atoms with Gasteiger partial charge in [-0.15, -0.1) is 0 Å². The summed E-state index contributed by atoms with van der Waals surface area (Å²) in [6, 6.07) is 5.34. The number of alkyl halides is 1. The van der Waals surface area contributed by atoms with E-state index in [0.717, 1.165) is 5.56 Å². The highest BCUT2D eigenvalue weighted by molar-refractivity contribution is 9.10. The lowest BCUT2D eigenvalue weighted by atomic mass is 10.1. The minimum Gasteiger partial charge on any atom is -0.212 e. The molecule has 0 saturated heterocycles. The Morgan fingerprint density at radius 1 is 1.40 bits per heavy atom. The van der Waals surface area contributed by atoms with Gasteiger partial charge in [0.25, 0.3) is 0 Å². The van der Waals surface area contributed by atoms with E-state index in [9.17, 15) is 12.8 Å². The third-order valence-corrected chi connectivity index (χ3v) is 4.68. The van der Waals surface area contributed by atoms with Crippen LogP contribution < -0.4 is 4.72 Å². The van der Waals surface area contributed by atoms with E-state index in [1.54, 1.807) is 19.1 Å². The fourth-order valence-corrected chi connectivity index (χ4v) is 2.25. The van der Waals surface area contributed by atoms with Gasteiger partial charge in [-0.05, 0) is 24.6 Å². The molecular formula is C9H11BrFNO2S. The molecule has 0 aliphatic heterocycles. The second-order valence-corrected chi connectivity index (χ2v) is 6.17. The molecule has 0 saturated carbocycles. The lowest BCUT2D eigenvalue weighted by molar-refractivity contribution is 0.571. The van der Waals surface area contributed by atoms with Crippen molar-refractivity contribution < 1.29 is 12.8 Å². The van der Waals surface area contributed by atoms with Crippen LogP contribution in [0.3, 0.4) is 0 Å². The molecule has 1 N–H and O–H groups in total. The minimum absolute atomic E-state index is 0.147. The van der Waals surface area contributed by atoms with E-state index < -0.39 is 10.0 Å². The molecule has 84 valence electrons. The van der Waals surface area contributed by atoms with Crippen LogP contribution in [0.5, 0.6) is 0 Å². The van der Waals surface area contributed by atoms with E-state index in [-0.39, 0.29) is 16.5 Å². The number of hydrogen-bond donors (Lipinski definition) is 1. The number of sulfonamides is 1. The Hall–Kier alpha value is -0.460. The van der Waals surface area contributed by atoms with Gasteiger partial charge < -0.3 is 0 Å². The number of halogens is 2. The molecule has 0 aliphatic carbocycles. The average molecular weight is 296 g/mol. The molecule has 1 atom stereocenters. The van der Waals surface area contributed by atoms with Gasteiger partial charge in [-0.2, -0.15) is 0 Å². The van der Waals surface area contributed by atoms with Crippen LogP contribution in [0.2, 0.25) is 0 Å². The lowest BCUT2D eigenvalue weighted by Gasteiger charge is -2.13. The summed E-state index contributed by atoms with van der Waals surface area (Å²) in [5.74, 6) is -0.339. The summed E-state index contributed by atoms with van der Waals surface area (Å²) < 4.78 is 37.3. The van der Waals surface area contributed by atoms with Crippen molar-refractivity contribution in [2.24, 2.45) is 0 Å². The molecule has 15 heavy (non-hydrogen) atoms. The highest BCUT2D eigenvalue weighted by Gasteiger charge is 2.13. The first-order chi connectivity index (χ1) is 6.94. The van der Waals surface area contributed by atoms with Crippen LogP contribution in [-0.4, -0.2) is 13.1 Å². The average Bonchev–Trinajstić information content (AvgIpc) is 2.18. The van der Waals surface area contributed by atoms with E-state index in [2.05, 4.69) is 20.7 Å². The van der Waals surface area contributed by atoms with Crippen molar-refractivity contribution in [3.8, 4) is 0 Å². The number of rotatable bonds is 4. The van der Waals surface area contributed by atoms with Crippen molar-refractivity contribution in [3.05, 3.63) is 35.6 Å². The highest BCUT2D eigenvalue weighted by atomic mass is 79.9. The molecule has 0 aromatic heterocycles. The molecule has 0 amide bonds. The van der Waals surface area contributed by atoms with Gasteiger partial charge >= 0.3 is 0 Å². The predicted molar refractivity (Wildman–Crippen MR) is 60.7 cm³/mol. The molecule has 1 rings (SSSR count). The van der Waals surface area contributed by atoms with Gasteiger partial charge in [-0.1, -0.05) is 28.1 Å². The Morgan fingerprint density at radius 3 is 2.40 bits per heavy atom. The molecule has 0 heterocycles. The van der Waals surface area contributed by atoms with Crippen molar-refractivity contribution in [1.82, 2.24) is 4.72 Å². The lowest BCUT2D eigenvalue weighted by Crippen LogP contribution is -2.27. The Labute approximate surface area is 96.9 Å². The maximum atomic E-state index is 12.6. The minimum atomic E-state index is -3.30. The first-order valence-corrected chi connectivity index (χ1v) is 7.03. The second kappa shape index (κ2) is 5.05. The predicted octanol–water partition coefficient (Wildman–Crippen LogP) is 2.16. The molecule has 0 aliphatic rings. The summed E-state index contributed by atoms with van der Waals surface area (Å²) in [6.45, 7) is 1.70. The maximum absolute atomic E-state index is 12.6. The van der Waals surface area contributed by atoms with Gasteiger partial charge in [-0.3, -0.25) is 0 Å². The van der Waals surface area contributed by atoms with Gasteiger partial charge in [0, 0.05) is 6.04 Å². The fraction of sp³-hybridized carbons (Fsp3) is 0.333. The highest BCUT2D eigenvalue weighted by Crippen LogP contribution is 2.14. The first kappa shape index (κ1) is 12.6. The van der Waals surface area contributed by atoms with Gasteiger partial charge in [0.15, 0.2) is 0 Å². The van der Waals surface area contributed by atoms with Crippen molar-refractivity contribution in [1.29, 1.82) is 0 Å². The quantitative estimate of drug-likeness (QED) is 0.865. The van der Waals surface area contributed by atoms with Crippen LogP contribution in [0.15, 0.2) is 24.3 Å². The summed E-state index contributed by atoms with van der Waals surface area (Å²) in [4.78, 5) is 0. The zero-order chi connectivity index (χ0) is 11.5. The molecule has 0 fully saturated rings. The summed E-state index contributed by atoms with van der Waals surface area (Å²) in [5, 5.41) is 0. The summed E-state index contributed by atoms with van der Waals surface area (Å²) in [7, 11) is -3.30. The van der Waals surface area contributed by atoms with Gasteiger partial charge in [0.2, 0.25) is 10.0 Å². The van der Waals surface area contributed by atoms with E-state index in [4.69, 9.17) is 0 Å². The van der Waals surface area contributed by atoms with Crippen molar-refractivity contribution in [3.63, 3.8) is 0 Å². The number of hydrogen-bond acceptors (Lipinski definition) is 2. The van der Waals surface area contributed by atoms with E-state index >= 15 is 0 Å². The zero-order valence-electron chi connectivity index (χ0n) is 8.07. The molecule has 3 nitrogen and oxygen atoms in total. The maximum Gasteiger partial charge on any atom is 0.222 e. The summed E-state index contributed by atoms with van der Waals surface area (Å²) in [6.07, 6.45) is 0. The second-order valence-electron chi connectivity index (χ2n) is 3.11. The van der Waals surface area contributed by atoms with Crippen LogP contribution in [0.1, 0.15) is 18.5 Å². The van der Waals surface area contributed by atoms with E-state index in [1.165, 1.54) is 12.1 Å². The Kier molecular flexibility index (Phi) is 4.24. The molecule has 0 spiro atoms. The molecular weight excluding hydrogens is 285 g/mol. The molecule has 0 radical (unpaired) electrons. The van der Waals surface area contributed by atoms with Crippen LogP contribution in [-0.2, 0) is 10.0 Å². The van der Waals surface area contributed by atoms with Crippen LogP contribution in [0.4, 0.5) is 4.39 Å². The monoisotopic (exact) mass is 295 g/mol. The van der Waals surface area contributed by atoms with Crippen molar-refractivity contribution in [2.75, 3.05) is 4.66 Å².